The number of nitrogens with zero attached hydrogens (tertiary/aromatic N) is 5. The number of β-lactam (4-membered cyclic amide) rings is 1. The fraction of sp³-hybridized carbons (Fsp3) is 0.350. The molecule has 0 bridgehead atoms. The van der Waals surface area contributed by atoms with Gasteiger partial charge >= 0.3 is 0 Å². The van der Waals surface area contributed by atoms with E-state index in [2.05, 4.69) is 19.8 Å². The molecular formula is C20H21N7O6S2. The molecule has 2 aromatic heterocycles. The van der Waals surface area contributed by atoms with Gasteiger partial charge in [0.1, 0.15) is 18.0 Å². The van der Waals surface area contributed by atoms with E-state index in [1.54, 1.807) is 36.0 Å². The molecule has 1 fully saturated rings. The fourth-order valence-electron chi connectivity index (χ4n) is 3.58. The summed E-state index contributed by atoms with van der Waals surface area (Å²) in [5.74, 6) is -1.90. The second kappa shape index (κ2) is 10.3. The number of nitrogen functional groups attached to an aromatic ring is 1. The maximum Gasteiger partial charge on any atom is 0.278 e. The molecule has 0 radical (unpaired) electrons. The van der Waals surface area contributed by atoms with E-state index in [1.165, 1.54) is 18.9 Å². The first kappa shape index (κ1) is 24.4. The number of fused-ring (bicyclic) bond motifs is 1. The Morgan fingerprint density at radius 2 is 2.26 bits per heavy atom. The number of thioether (sulfide) groups is 1. The van der Waals surface area contributed by atoms with Gasteiger partial charge in [0.05, 0.1) is 18.8 Å². The summed E-state index contributed by atoms with van der Waals surface area (Å²) in [4.78, 5) is 47.9. The third kappa shape index (κ3) is 4.90. The molecule has 0 saturated carbocycles. The fourth-order valence-corrected chi connectivity index (χ4v) is 5.35. The first-order valence-corrected chi connectivity index (χ1v) is 12.2. The first-order chi connectivity index (χ1) is 16.8. The highest BCUT2D eigenvalue weighted by atomic mass is 32.2. The van der Waals surface area contributed by atoms with E-state index < -0.39 is 29.2 Å². The number of aromatic nitrogens is 3. The number of anilines is 1. The molecule has 4 heterocycles. The number of rotatable bonds is 9. The summed E-state index contributed by atoms with van der Waals surface area (Å²) in [6, 6.07) is 2.56. The summed E-state index contributed by atoms with van der Waals surface area (Å²) in [5, 5.41) is 17.9. The number of methoxy groups -OCH3 is 1. The van der Waals surface area contributed by atoms with Crippen molar-refractivity contribution in [3.63, 3.8) is 0 Å². The Morgan fingerprint density at radius 1 is 1.46 bits per heavy atom. The van der Waals surface area contributed by atoms with Crippen LogP contribution in [-0.2, 0) is 25.8 Å². The lowest BCUT2D eigenvalue weighted by molar-refractivity contribution is -0.689. The molecule has 2 atom stereocenters. The average molecular weight is 520 g/mol. The average Bonchev–Trinajstić information content (AvgIpc) is 3.28. The number of nitrogens with two attached hydrogens (primary N) is 1. The van der Waals surface area contributed by atoms with Crippen molar-refractivity contribution in [3.05, 3.63) is 41.6 Å². The van der Waals surface area contributed by atoms with Crippen LogP contribution in [0.15, 0.2) is 41.0 Å². The number of aliphatic carboxylic acids is 1. The molecule has 4 rings (SSSR count). The molecule has 0 spiro atoms. The molecule has 2 amide bonds. The van der Waals surface area contributed by atoms with Crippen LogP contribution < -0.4 is 25.5 Å². The normalized spacial score (nSPS) is 19.7. The van der Waals surface area contributed by atoms with E-state index >= 15 is 0 Å². The summed E-state index contributed by atoms with van der Waals surface area (Å²) < 4.78 is 10.9. The zero-order valence-electron chi connectivity index (χ0n) is 18.7. The number of carbonyl (C=O) groups is 3. The Balaban J connectivity index is 1.53. The highest BCUT2D eigenvalue weighted by molar-refractivity contribution is 8.00. The van der Waals surface area contributed by atoms with Gasteiger partial charge < -0.3 is 30.5 Å². The minimum absolute atomic E-state index is 0.0358. The topological polar surface area (TPSA) is 176 Å². The number of carboxylic acids is 1. The van der Waals surface area contributed by atoms with Gasteiger partial charge in [0.2, 0.25) is 17.7 Å². The lowest BCUT2D eigenvalue weighted by Gasteiger charge is -2.50. The quantitative estimate of drug-likeness (QED) is 0.167. The molecule has 1 unspecified atom stereocenters. The molecule has 35 heavy (non-hydrogen) atoms. The Hall–Kier alpha value is -3.72. The Labute approximate surface area is 207 Å². The number of carbonyl (C=O) groups excluding carboxylic acids is 3. The van der Waals surface area contributed by atoms with Crippen molar-refractivity contribution < 1.29 is 33.6 Å². The van der Waals surface area contributed by atoms with E-state index in [4.69, 9.17) is 15.3 Å². The lowest BCUT2D eigenvalue weighted by atomic mass is 10.0. The molecule has 3 N–H and O–H groups in total. The number of oxime groups is 1. The van der Waals surface area contributed by atoms with Gasteiger partial charge in [-0.25, -0.2) is 0 Å². The summed E-state index contributed by atoms with van der Waals surface area (Å²) >= 11 is 2.21. The van der Waals surface area contributed by atoms with Crippen molar-refractivity contribution in [2.75, 3.05) is 25.2 Å². The predicted molar refractivity (Wildman–Crippen MR) is 123 cm³/mol. The largest absolute Gasteiger partial charge is 0.543 e. The number of pyridine rings is 1. The van der Waals surface area contributed by atoms with Crippen molar-refractivity contribution in [3.8, 4) is 5.75 Å². The summed E-state index contributed by atoms with van der Waals surface area (Å²) in [5.41, 5.74) is 5.67. The molecule has 2 aliphatic heterocycles. The molecule has 1 saturated heterocycles. The zero-order chi connectivity index (χ0) is 25.1. The Morgan fingerprint density at radius 3 is 2.91 bits per heavy atom. The van der Waals surface area contributed by atoms with Gasteiger partial charge in [-0.2, -0.15) is 13.9 Å². The van der Waals surface area contributed by atoms with Crippen LogP contribution in [0.2, 0.25) is 0 Å². The molecule has 2 aliphatic rings. The van der Waals surface area contributed by atoms with Gasteiger partial charge in [-0.1, -0.05) is 5.16 Å². The van der Waals surface area contributed by atoms with Crippen molar-refractivity contribution in [1.82, 2.24) is 19.6 Å². The van der Waals surface area contributed by atoms with Crippen LogP contribution in [0.4, 0.5) is 5.13 Å². The van der Waals surface area contributed by atoms with E-state index in [9.17, 15) is 19.5 Å². The molecule has 15 heteroatoms. The van der Waals surface area contributed by atoms with Gasteiger partial charge in [-0.3, -0.25) is 14.5 Å². The maximum absolute atomic E-state index is 12.9. The molecular weight excluding hydrogens is 498 g/mol. The monoisotopic (exact) mass is 519 g/mol. The first-order valence-electron chi connectivity index (χ1n) is 10.4. The summed E-state index contributed by atoms with van der Waals surface area (Å²) in [6.07, 6.45) is 3.48. The van der Waals surface area contributed by atoms with Crippen molar-refractivity contribution >= 4 is 51.9 Å². The van der Waals surface area contributed by atoms with E-state index in [-0.39, 0.29) is 35.5 Å². The van der Waals surface area contributed by atoms with Crippen molar-refractivity contribution in [2.24, 2.45) is 5.16 Å². The van der Waals surface area contributed by atoms with E-state index in [0.717, 1.165) is 16.4 Å². The van der Waals surface area contributed by atoms with Crippen LogP contribution in [0, 0.1) is 0 Å². The van der Waals surface area contributed by atoms with Crippen LogP contribution in [0.5, 0.6) is 5.75 Å². The highest BCUT2D eigenvalue weighted by Gasteiger charge is 2.53. The second-order valence-corrected chi connectivity index (χ2v) is 9.22. The summed E-state index contributed by atoms with van der Waals surface area (Å²) in [6.45, 7) is 2.10. The highest BCUT2D eigenvalue weighted by Crippen LogP contribution is 2.40. The minimum atomic E-state index is -1.47. The smallest absolute Gasteiger partial charge is 0.278 e. The molecule has 0 aliphatic carbocycles. The maximum atomic E-state index is 12.9. The van der Waals surface area contributed by atoms with Crippen LogP contribution >= 0.6 is 23.3 Å². The number of amides is 2. The minimum Gasteiger partial charge on any atom is -0.543 e. The molecule has 2 aromatic rings. The number of nitrogens with one attached hydrogen (secondary N) is 1. The third-order valence-electron chi connectivity index (χ3n) is 5.12. The molecule has 0 aromatic carbocycles. The van der Waals surface area contributed by atoms with Crippen molar-refractivity contribution in [1.29, 1.82) is 0 Å². The summed E-state index contributed by atoms with van der Waals surface area (Å²) in [7, 11) is 1.53. The van der Waals surface area contributed by atoms with Crippen LogP contribution in [0.3, 0.4) is 0 Å². The number of ether oxygens (including phenoxy) is 1. The van der Waals surface area contributed by atoms with E-state index in [0.29, 0.717) is 17.1 Å². The van der Waals surface area contributed by atoms with Gasteiger partial charge in [-0.15, -0.1) is 11.8 Å². The van der Waals surface area contributed by atoms with Gasteiger partial charge in [0, 0.05) is 28.9 Å². The van der Waals surface area contributed by atoms with Crippen LogP contribution in [0.25, 0.3) is 0 Å². The second-order valence-electron chi connectivity index (χ2n) is 7.33. The standard InChI is InChI=1S/C20H21N7O6S2/c1-3-33-24-12(15-23-20(21)35-25-15)16(28)22-13-17(29)27-14(19(30)31)10(9-34-18(13)27)7-26-6-4-5-11(8-26)32-2/h4-6,8,13,18H,3,7,9H2,1-2H3,(H3-,21,22,23,25,28,30,31)/t13?,18-/m1/s1. The van der Waals surface area contributed by atoms with Gasteiger partial charge in [0.25, 0.3) is 11.8 Å². The SMILES string of the molecule is CCON=C(C(=O)NC1C(=O)N2C(C(=O)[O-])=C(C[n+]3cccc(OC)c3)CS[C@H]12)c1nsc(N)n1. The van der Waals surface area contributed by atoms with Crippen LogP contribution in [0.1, 0.15) is 12.7 Å². The predicted octanol–water partition coefficient (Wildman–Crippen LogP) is -1.74. The van der Waals surface area contributed by atoms with Crippen molar-refractivity contribution in [2.45, 2.75) is 24.9 Å². The number of hydrogen-bond acceptors (Lipinski definition) is 12. The van der Waals surface area contributed by atoms with Gasteiger partial charge in [-0.05, 0) is 13.0 Å². The van der Waals surface area contributed by atoms with E-state index in [1.807, 2.05) is 0 Å². The molecule has 184 valence electrons. The number of hydrogen-bond donors (Lipinski definition) is 2. The third-order valence-corrected chi connectivity index (χ3v) is 7.00. The Bertz CT molecular complexity index is 1230. The van der Waals surface area contributed by atoms with Gasteiger partial charge in [0.15, 0.2) is 23.6 Å². The Kier molecular flexibility index (Phi) is 7.16. The lowest BCUT2D eigenvalue weighted by Crippen LogP contribution is -2.71. The zero-order valence-corrected chi connectivity index (χ0v) is 20.3. The number of carboxylic acid groups (broad SMARTS) is 1. The van der Waals surface area contributed by atoms with Crippen LogP contribution in [-0.4, -0.2) is 68.6 Å². The molecule has 13 nitrogen and oxygen atoms in total.